The summed E-state index contributed by atoms with van der Waals surface area (Å²) < 4.78 is 4.83. The van der Waals surface area contributed by atoms with Crippen LogP contribution in [0.15, 0.2) is 0 Å². The van der Waals surface area contributed by atoms with Gasteiger partial charge in [-0.25, -0.2) is 4.79 Å². The van der Waals surface area contributed by atoms with E-state index >= 15 is 0 Å². The van der Waals surface area contributed by atoms with Crippen molar-refractivity contribution in [1.29, 1.82) is 0 Å². The minimum Gasteiger partial charge on any atom is -0.468 e. The van der Waals surface area contributed by atoms with E-state index in [1.807, 2.05) is 4.90 Å². The standard InChI is InChI=1S/C14H23N3O4/c1-3-4-5-6-7-17-9-14(8-10(17)11(18)21-2)12(19)15-13(20)16-14/h10H,3-9H2,1-2H3,(H2,15,16,19,20)/t10-,14-/m0/s1. The molecule has 0 saturated carbocycles. The van der Waals surface area contributed by atoms with E-state index < -0.39 is 17.6 Å². The number of imide groups is 1. The van der Waals surface area contributed by atoms with Gasteiger partial charge in [0.1, 0.15) is 11.6 Å². The predicted molar refractivity (Wildman–Crippen MR) is 75.5 cm³/mol. The van der Waals surface area contributed by atoms with Gasteiger partial charge >= 0.3 is 12.0 Å². The van der Waals surface area contributed by atoms with Crippen LogP contribution in [0.25, 0.3) is 0 Å². The number of methoxy groups -OCH3 is 1. The highest BCUT2D eigenvalue weighted by Crippen LogP contribution is 2.30. The molecule has 2 rings (SSSR count). The Morgan fingerprint density at radius 2 is 2.14 bits per heavy atom. The number of urea groups is 1. The Kier molecular flexibility index (Phi) is 4.82. The van der Waals surface area contributed by atoms with Crippen molar-refractivity contribution < 1.29 is 19.1 Å². The van der Waals surface area contributed by atoms with Gasteiger partial charge < -0.3 is 10.1 Å². The molecule has 0 bridgehead atoms. The summed E-state index contributed by atoms with van der Waals surface area (Å²) in [7, 11) is 1.34. The molecule has 0 radical (unpaired) electrons. The molecule has 2 aliphatic rings. The summed E-state index contributed by atoms with van der Waals surface area (Å²) >= 11 is 0. The molecule has 0 aromatic rings. The highest BCUT2D eigenvalue weighted by atomic mass is 16.5. The summed E-state index contributed by atoms with van der Waals surface area (Å²) in [5.41, 5.74) is -0.985. The van der Waals surface area contributed by atoms with Crippen LogP contribution in [0.1, 0.15) is 39.0 Å². The first-order valence-electron chi connectivity index (χ1n) is 7.48. The smallest absolute Gasteiger partial charge is 0.323 e. The first-order chi connectivity index (χ1) is 10.0. The monoisotopic (exact) mass is 297 g/mol. The zero-order valence-electron chi connectivity index (χ0n) is 12.6. The van der Waals surface area contributed by atoms with Gasteiger partial charge in [0.25, 0.3) is 5.91 Å². The van der Waals surface area contributed by atoms with Crippen LogP contribution in [0.5, 0.6) is 0 Å². The summed E-state index contributed by atoms with van der Waals surface area (Å²) in [6.45, 7) is 3.22. The fourth-order valence-corrected chi connectivity index (χ4v) is 3.11. The lowest BCUT2D eigenvalue weighted by Crippen LogP contribution is -2.49. The van der Waals surface area contributed by atoms with Gasteiger partial charge in [0.2, 0.25) is 0 Å². The number of hydrogen-bond donors (Lipinski definition) is 2. The van der Waals surface area contributed by atoms with Gasteiger partial charge in [0.05, 0.1) is 7.11 Å². The molecule has 0 aliphatic carbocycles. The molecule has 7 heteroatoms. The predicted octanol–water partition coefficient (Wildman–Crippen LogP) is 0.392. The molecule has 2 atom stereocenters. The average Bonchev–Trinajstić information content (AvgIpc) is 2.95. The first kappa shape index (κ1) is 15.8. The number of unbranched alkanes of at least 4 members (excludes halogenated alkanes) is 3. The van der Waals surface area contributed by atoms with Crippen molar-refractivity contribution >= 4 is 17.9 Å². The van der Waals surface area contributed by atoms with Crippen molar-refractivity contribution in [2.24, 2.45) is 0 Å². The van der Waals surface area contributed by atoms with Crippen LogP contribution in [0.2, 0.25) is 0 Å². The topological polar surface area (TPSA) is 87.7 Å². The number of amides is 3. The number of carbonyl (C=O) groups is 3. The summed E-state index contributed by atoms with van der Waals surface area (Å²) in [5, 5.41) is 4.93. The number of likely N-dealkylation sites (tertiary alicyclic amines) is 1. The van der Waals surface area contributed by atoms with E-state index in [-0.39, 0.29) is 18.3 Å². The van der Waals surface area contributed by atoms with Crippen LogP contribution < -0.4 is 10.6 Å². The third-order valence-electron chi connectivity index (χ3n) is 4.24. The molecule has 2 saturated heterocycles. The number of nitrogens with one attached hydrogen (secondary N) is 2. The molecule has 0 aromatic heterocycles. The number of rotatable bonds is 6. The molecule has 0 aromatic carbocycles. The maximum Gasteiger partial charge on any atom is 0.323 e. The second-order valence-electron chi connectivity index (χ2n) is 5.76. The Hall–Kier alpha value is -1.63. The minimum absolute atomic E-state index is 0.269. The van der Waals surface area contributed by atoms with E-state index in [1.165, 1.54) is 7.11 Å². The van der Waals surface area contributed by atoms with Gasteiger partial charge in [-0.3, -0.25) is 19.8 Å². The van der Waals surface area contributed by atoms with Crippen LogP contribution >= 0.6 is 0 Å². The Labute approximate surface area is 124 Å². The van der Waals surface area contributed by atoms with Crippen molar-refractivity contribution in [3.8, 4) is 0 Å². The highest BCUT2D eigenvalue weighted by Gasteiger charge is 2.56. The first-order valence-corrected chi connectivity index (χ1v) is 7.48. The molecule has 118 valence electrons. The molecule has 0 unspecified atom stereocenters. The van der Waals surface area contributed by atoms with E-state index in [1.54, 1.807) is 0 Å². The Bertz CT molecular complexity index is 440. The van der Waals surface area contributed by atoms with Gasteiger partial charge in [-0.1, -0.05) is 26.2 Å². The summed E-state index contributed by atoms with van der Waals surface area (Å²) in [5.74, 6) is -0.700. The van der Waals surface area contributed by atoms with Crippen LogP contribution in [-0.2, 0) is 14.3 Å². The quantitative estimate of drug-likeness (QED) is 0.421. The van der Waals surface area contributed by atoms with Crippen LogP contribution in [0.3, 0.4) is 0 Å². The van der Waals surface area contributed by atoms with Crippen LogP contribution in [0.4, 0.5) is 4.79 Å². The minimum atomic E-state index is -0.985. The Balaban J connectivity index is 2.05. The van der Waals surface area contributed by atoms with Crippen molar-refractivity contribution in [2.45, 2.75) is 50.6 Å². The lowest BCUT2D eigenvalue weighted by atomic mass is 9.96. The van der Waals surface area contributed by atoms with Crippen molar-refractivity contribution in [2.75, 3.05) is 20.2 Å². The molecular formula is C14H23N3O4. The second-order valence-corrected chi connectivity index (χ2v) is 5.76. The number of carbonyl (C=O) groups excluding carboxylic acids is 3. The normalized spacial score (nSPS) is 28.8. The van der Waals surface area contributed by atoms with E-state index in [9.17, 15) is 14.4 Å². The highest BCUT2D eigenvalue weighted by molar-refractivity contribution is 6.07. The maximum absolute atomic E-state index is 12.0. The number of nitrogens with zero attached hydrogens (tertiary/aromatic N) is 1. The van der Waals surface area contributed by atoms with E-state index in [0.29, 0.717) is 6.54 Å². The Morgan fingerprint density at radius 1 is 1.38 bits per heavy atom. The van der Waals surface area contributed by atoms with Crippen LogP contribution in [-0.4, -0.2) is 54.6 Å². The molecular weight excluding hydrogens is 274 g/mol. The molecule has 7 nitrogen and oxygen atoms in total. The molecule has 2 fully saturated rings. The van der Waals surface area contributed by atoms with Crippen molar-refractivity contribution in [3.05, 3.63) is 0 Å². The lowest BCUT2D eigenvalue weighted by Gasteiger charge is -2.22. The van der Waals surface area contributed by atoms with Crippen LogP contribution in [0, 0.1) is 0 Å². The van der Waals surface area contributed by atoms with Gasteiger partial charge in [-0.05, 0) is 13.0 Å². The summed E-state index contributed by atoms with van der Waals surface area (Å²) in [6.07, 6.45) is 4.62. The number of esters is 1. The third-order valence-corrected chi connectivity index (χ3v) is 4.24. The average molecular weight is 297 g/mol. The molecule has 3 amide bonds. The number of hydrogen-bond acceptors (Lipinski definition) is 5. The van der Waals surface area contributed by atoms with Gasteiger partial charge in [0, 0.05) is 13.0 Å². The molecule has 21 heavy (non-hydrogen) atoms. The fraction of sp³-hybridized carbons (Fsp3) is 0.786. The summed E-state index contributed by atoms with van der Waals surface area (Å²) in [6, 6.07) is -0.961. The SMILES string of the molecule is CCCCCCN1C[C@]2(C[C@H]1C(=O)OC)NC(=O)NC2=O. The lowest BCUT2D eigenvalue weighted by molar-refractivity contribution is -0.145. The maximum atomic E-state index is 12.0. The molecule has 2 N–H and O–H groups in total. The number of ether oxygens (including phenoxy) is 1. The van der Waals surface area contributed by atoms with E-state index in [4.69, 9.17) is 4.74 Å². The van der Waals surface area contributed by atoms with Gasteiger partial charge in [-0.2, -0.15) is 0 Å². The molecule has 1 spiro atoms. The van der Waals surface area contributed by atoms with Gasteiger partial charge in [-0.15, -0.1) is 0 Å². The largest absolute Gasteiger partial charge is 0.468 e. The van der Waals surface area contributed by atoms with Gasteiger partial charge in [0.15, 0.2) is 0 Å². The molecule has 2 heterocycles. The second kappa shape index (κ2) is 6.43. The zero-order chi connectivity index (χ0) is 15.5. The Morgan fingerprint density at radius 3 is 2.71 bits per heavy atom. The summed E-state index contributed by atoms with van der Waals surface area (Å²) in [4.78, 5) is 37.3. The van der Waals surface area contributed by atoms with E-state index in [2.05, 4.69) is 17.6 Å². The van der Waals surface area contributed by atoms with E-state index in [0.717, 1.165) is 32.2 Å². The van der Waals surface area contributed by atoms with Crippen molar-refractivity contribution in [1.82, 2.24) is 15.5 Å². The zero-order valence-corrected chi connectivity index (χ0v) is 12.6. The third kappa shape index (κ3) is 3.18. The molecule has 2 aliphatic heterocycles. The van der Waals surface area contributed by atoms with Crippen molar-refractivity contribution in [3.63, 3.8) is 0 Å². The fourth-order valence-electron chi connectivity index (χ4n) is 3.11.